The van der Waals surface area contributed by atoms with Gasteiger partial charge in [0.05, 0.1) is 34.7 Å². The number of rotatable bonds is 10. The summed E-state index contributed by atoms with van der Waals surface area (Å²) in [7, 11) is 3.54. The lowest BCUT2D eigenvalue weighted by molar-refractivity contribution is -0.134. The van der Waals surface area contributed by atoms with Crippen LogP contribution in [0.4, 0.5) is 22.0 Å². The Balaban J connectivity index is 0.851. The zero-order valence-corrected chi connectivity index (χ0v) is 36.0. The summed E-state index contributed by atoms with van der Waals surface area (Å²) in [5, 5.41) is 12.3. The Morgan fingerprint density at radius 2 is 1.55 bits per heavy atom. The van der Waals surface area contributed by atoms with Crippen molar-refractivity contribution in [1.82, 2.24) is 44.3 Å². The minimum atomic E-state index is -0.418. The van der Waals surface area contributed by atoms with Crippen LogP contribution in [-0.4, -0.2) is 103 Å². The molecule has 0 spiro atoms. The Morgan fingerprint density at radius 1 is 0.750 bits per heavy atom. The molecule has 4 amide bonds. The van der Waals surface area contributed by atoms with E-state index in [9.17, 15) is 19.2 Å². The normalized spacial score (nSPS) is 17.2. The lowest BCUT2D eigenvalue weighted by Crippen LogP contribution is -2.47. The first-order chi connectivity index (χ1) is 31.1. The molecule has 1 N–H and O–H groups in total. The first kappa shape index (κ1) is 40.6. The van der Waals surface area contributed by atoms with Crippen LogP contribution in [0.1, 0.15) is 35.6 Å². The van der Waals surface area contributed by atoms with Crippen LogP contribution in [0.15, 0.2) is 109 Å². The van der Waals surface area contributed by atoms with Crippen LogP contribution in [0, 0.1) is 6.92 Å². The number of aromatic nitrogens is 7. The van der Waals surface area contributed by atoms with Gasteiger partial charge in [-0.05, 0) is 102 Å². The summed E-state index contributed by atoms with van der Waals surface area (Å²) < 4.78 is 4.69. The Morgan fingerprint density at radius 3 is 2.30 bits per heavy atom. The standard InChI is InChI=1S/C48H48N12O4/c1-31-37(16-19-50-45(31)59-26-25-58(48(59)64)36-5-4-18-49-29-36)38-13-11-35(60-30-51-55(3)47(60)63)28-41(38)33-7-9-34(10-8-33)57-23-21-56(22-24-57)20-17-32-6-12-39-42(27-32)54(2)53-44(39)40-14-15-43(61)52-46(40)62/h4-13,16,18-19,27-30,40H,14-15,17,20-26H2,1-3H3,(H,52,61,62). The molecule has 16 nitrogen and oxygen atoms in total. The average molecular weight is 857 g/mol. The maximum absolute atomic E-state index is 13.7. The number of amides is 4. The molecule has 3 saturated heterocycles. The molecule has 1 atom stereocenters. The summed E-state index contributed by atoms with van der Waals surface area (Å²) >= 11 is 0. The number of pyridine rings is 2. The van der Waals surface area contributed by atoms with Gasteiger partial charge < -0.3 is 4.90 Å². The number of fused-ring (bicyclic) bond motifs is 1. The molecule has 324 valence electrons. The first-order valence-electron chi connectivity index (χ1n) is 21.7. The third-order valence-corrected chi connectivity index (χ3v) is 12.9. The van der Waals surface area contributed by atoms with Gasteiger partial charge in [-0.1, -0.05) is 30.3 Å². The number of imide groups is 1. The number of nitrogens with one attached hydrogen (secondary N) is 1. The van der Waals surface area contributed by atoms with Gasteiger partial charge in [0.2, 0.25) is 11.8 Å². The molecule has 10 rings (SSSR count). The van der Waals surface area contributed by atoms with Gasteiger partial charge in [0.1, 0.15) is 12.1 Å². The van der Waals surface area contributed by atoms with Crippen molar-refractivity contribution >= 4 is 45.9 Å². The highest BCUT2D eigenvalue weighted by atomic mass is 16.2. The van der Waals surface area contributed by atoms with Crippen LogP contribution in [0.3, 0.4) is 0 Å². The second-order valence-electron chi connectivity index (χ2n) is 16.7. The van der Waals surface area contributed by atoms with Crippen molar-refractivity contribution in [2.24, 2.45) is 14.1 Å². The number of hydrogen-bond donors (Lipinski definition) is 1. The van der Waals surface area contributed by atoms with E-state index < -0.39 is 5.92 Å². The minimum Gasteiger partial charge on any atom is -0.369 e. The fraction of sp³-hybridized carbons (Fsp3) is 0.292. The van der Waals surface area contributed by atoms with Gasteiger partial charge in [-0.2, -0.15) is 10.2 Å². The predicted molar refractivity (Wildman–Crippen MR) is 245 cm³/mol. The van der Waals surface area contributed by atoms with Gasteiger partial charge in [0.25, 0.3) is 0 Å². The van der Waals surface area contributed by atoms with Crippen LogP contribution in [-0.2, 0) is 30.1 Å². The predicted octanol–water partition coefficient (Wildman–Crippen LogP) is 5.22. The molecule has 0 saturated carbocycles. The van der Waals surface area contributed by atoms with Gasteiger partial charge in [-0.15, -0.1) is 0 Å². The maximum Gasteiger partial charge on any atom is 0.350 e. The third kappa shape index (κ3) is 7.48. The molecule has 3 aliphatic rings. The van der Waals surface area contributed by atoms with E-state index in [0.717, 1.165) is 94.9 Å². The fourth-order valence-electron chi connectivity index (χ4n) is 9.36. The second-order valence-corrected chi connectivity index (χ2v) is 16.7. The lowest BCUT2D eigenvalue weighted by atomic mass is 9.92. The molecule has 0 radical (unpaired) electrons. The third-order valence-electron chi connectivity index (χ3n) is 12.9. The number of urea groups is 1. The zero-order chi connectivity index (χ0) is 44.1. The Kier molecular flexibility index (Phi) is 10.6. The number of benzene rings is 3. The van der Waals surface area contributed by atoms with Gasteiger partial charge in [-0.25, -0.2) is 23.8 Å². The number of nitrogens with zero attached hydrogens (tertiary/aromatic N) is 11. The van der Waals surface area contributed by atoms with E-state index in [1.54, 1.807) is 40.0 Å². The molecule has 0 aliphatic carbocycles. The molecule has 0 bridgehead atoms. The second kappa shape index (κ2) is 16.7. The Labute approximate surface area is 369 Å². The SMILES string of the molecule is Cc1c(-c2ccc(-n3cnn(C)c3=O)cc2-c2ccc(N3CCN(CCc4ccc5c(C6CCC(=O)NC6=O)nn(C)c5c4)CC3)cc2)ccnc1N1CCN(c2cccnc2)C1=O. The zero-order valence-electron chi connectivity index (χ0n) is 36.0. The van der Waals surface area contributed by atoms with Crippen molar-refractivity contribution in [2.45, 2.75) is 32.1 Å². The number of anilines is 3. The number of aryl methyl sites for hydroxylation is 2. The Hall–Kier alpha value is -7.46. The van der Waals surface area contributed by atoms with Gasteiger partial charge in [0.15, 0.2) is 0 Å². The van der Waals surface area contributed by atoms with Crippen molar-refractivity contribution in [3.63, 3.8) is 0 Å². The molecular weight excluding hydrogens is 809 g/mol. The summed E-state index contributed by atoms with van der Waals surface area (Å²) in [6.45, 7) is 7.62. The van der Waals surface area contributed by atoms with Gasteiger partial charge >= 0.3 is 11.7 Å². The van der Waals surface area contributed by atoms with Crippen LogP contribution in [0.2, 0.25) is 0 Å². The van der Waals surface area contributed by atoms with Crippen molar-refractivity contribution in [3.05, 3.63) is 131 Å². The highest BCUT2D eigenvalue weighted by Gasteiger charge is 2.34. The molecule has 7 heterocycles. The molecule has 3 aliphatic heterocycles. The highest BCUT2D eigenvalue weighted by Crippen LogP contribution is 2.39. The van der Waals surface area contributed by atoms with Crippen LogP contribution < -0.4 is 25.7 Å². The Bertz CT molecular complexity index is 2990. The molecule has 3 fully saturated rings. The summed E-state index contributed by atoms with van der Waals surface area (Å²) in [6, 6.07) is 26.5. The van der Waals surface area contributed by atoms with Crippen LogP contribution in [0.5, 0.6) is 0 Å². The summed E-state index contributed by atoms with van der Waals surface area (Å²) in [5.41, 5.74) is 9.99. The number of piperazine rings is 1. The summed E-state index contributed by atoms with van der Waals surface area (Å²) in [5.74, 6) is -0.305. The van der Waals surface area contributed by atoms with Crippen molar-refractivity contribution < 1.29 is 14.4 Å². The molecule has 3 aromatic carbocycles. The van der Waals surface area contributed by atoms with Crippen molar-refractivity contribution in [3.8, 4) is 27.9 Å². The van der Waals surface area contributed by atoms with Crippen molar-refractivity contribution in [1.29, 1.82) is 0 Å². The fourth-order valence-corrected chi connectivity index (χ4v) is 9.36. The number of hydrogen-bond acceptors (Lipinski definition) is 10. The van der Waals surface area contributed by atoms with Gasteiger partial charge in [0, 0.05) is 89.8 Å². The van der Waals surface area contributed by atoms with E-state index >= 15 is 0 Å². The van der Waals surface area contributed by atoms with Crippen molar-refractivity contribution in [2.75, 3.05) is 60.5 Å². The summed E-state index contributed by atoms with van der Waals surface area (Å²) in [4.78, 5) is 68.4. The summed E-state index contributed by atoms with van der Waals surface area (Å²) in [6.07, 6.45) is 8.38. The van der Waals surface area contributed by atoms with E-state index in [4.69, 9.17) is 10.1 Å². The smallest absolute Gasteiger partial charge is 0.350 e. The average Bonchev–Trinajstić information content (AvgIpc) is 3.98. The van der Waals surface area contributed by atoms with Crippen LogP contribution >= 0.6 is 0 Å². The van der Waals surface area contributed by atoms with E-state index in [2.05, 4.69) is 67.7 Å². The van der Waals surface area contributed by atoms with Crippen LogP contribution in [0.25, 0.3) is 38.8 Å². The molecule has 4 aromatic heterocycles. The number of carbonyl (C=O) groups excluding carboxylic acids is 3. The highest BCUT2D eigenvalue weighted by molar-refractivity contribution is 6.06. The van der Waals surface area contributed by atoms with E-state index in [1.807, 2.05) is 55.1 Å². The molecular formula is C48H48N12O4. The molecule has 16 heteroatoms. The molecule has 7 aromatic rings. The number of piperidine rings is 1. The lowest BCUT2D eigenvalue weighted by Gasteiger charge is -2.36. The van der Waals surface area contributed by atoms with Gasteiger partial charge in [-0.3, -0.25) is 39.3 Å². The monoisotopic (exact) mass is 856 g/mol. The maximum atomic E-state index is 13.7. The quantitative estimate of drug-likeness (QED) is 0.181. The van der Waals surface area contributed by atoms with E-state index in [-0.39, 0.29) is 23.5 Å². The minimum absolute atomic E-state index is 0.144. The topological polar surface area (TPSA) is 160 Å². The molecule has 1 unspecified atom stereocenters. The largest absolute Gasteiger partial charge is 0.369 e. The molecule has 64 heavy (non-hydrogen) atoms. The first-order valence-corrected chi connectivity index (χ1v) is 21.7. The van der Waals surface area contributed by atoms with E-state index in [1.165, 1.54) is 16.6 Å². The number of carbonyl (C=O) groups is 3. The van der Waals surface area contributed by atoms with E-state index in [0.29, 0.717) is 37.4 Å².